The molecule has 1 N–H and O–H groups in total. The fourth-order valence-corrected chi connectivity index (χ4v) is 4.09. The summed E-state index contributed by atoms with van der Waals surface area (Å²) in [5.41, 5.74) is 0.850. The van der Waals surface area contributed by atoms with Gasteiger partial charge in [-0.15, -0.1) is 0 Å². The molecule has 4 rings (SSSR count). The van der Waals surface area contributed by atoms with Gasteiger partial charge >= 0.3 is 0 Å². The van der Waals surface area contributed by atoms with Gasteiger partial charge in [-0.05, 0) is 51.3 Å². The Balaban J connectivity index is 1.49. The average molecular weight is 410 g/mol. The number of aryl methyl sites for hydroxylation is 1. The molecule has 6 nitrogen and oxygen atoms in total. The number of nitrogens with zero attached hydrogens (tertiary/aromatic N) is 4. The van der Waals surface area contributed by atoms with Gasteiger partial charge in [0.2, 0.25) is 5.91 Å². The molecular formula is C23H28FN5O. The first-order valence-corrected chi connectivity index (χ1v) is 10.3. The van der Waals surface area contributed by atoms with Crippen LogP contribution in [-0.2, 0) is 11.8 Å². The molecule has 0 aliphatic carbocycles. The number of amides is 1. The third-order valence-electron chi connectivity index (χ3n) is 5.73. The summed E-state index contributed by atoms with van der Waals surface area (Å²) in [7, 11) is 2.00. The zero-order valence-corrected chi connectivity index (χ0v) is 17.9. The first kappa shape index (κ1) is 20.5. The minimum absolute atomic E-state index is 0.0561. The van der Waals surface area contributed by atoms with Gasteiger partial charge in [-0.25, -0.2) is 14.4 Å². The van der Waals surface area contributed by atoms with Crippen LogP contribution < -0.4 is 5.32 Å². The van der Waals surface area contributed by atoms with Crippen LogP contribution in [0.1, 0.15) is 26.1 Å². The molecule has 1 saturated heterocycles. The number of rotatable bonds is 5. The number of anilines is 1. The van der Waals surface area contributed by atoms with E-state index in [1.807, 2.05) is 37.2 Å². The molecule has 0 spiro atoms. The molecule has 0 radical (unpaired) electrons. The van der Waals surface area contributed by atoms with Gasteiger partial charge in [0.1, 0.15) is 17.3 Å². The van der Waals surface area contributed by atoms with E-state index in [9.17, 15) is 9.18 Å². The molecule has 2 aromatic heterocycles. The SMILES string of the molecule is Cc1ncc(-c2ccc3cnc(NC(=O)C4CCN(CC(C)(C)F)C4)cc3c2)n1C. The van der Waals surface area contributed by atoms with Gasteiger partial charge in [-0.3, -0.25) is 9.69 Å². The van der Waals surface area contributed by atoms with Gasteiger partial charge in [0.15, 0.2) is 0 Å². The number of carbonyl (C=O) groups excluding carboxylic acids is 1. The molecule has 1 aliphatic heterocycles. The lowest BCUT2D eigenvalue weighted by atomic mass is 10.1. The minimum Gasteiger partial charge on any atom is -0.331 e. The molecule has 0 saturated carbocycles. The summed E-state index contributed by atoms with van der Waals surface area (Å²) >= 11 is 0. The second kappa shape index (κ2) is 7.80. The lowest BCUT2D eigenvalue weighted by molar-refractivity contribution is -0.119. The third kappa shape index (κ3) is 4.36. The van der Waals surface area contributed by atoms with Gasteiger partial charge in [-0.2, -0.15) is 0 Å². The van der Waals surface area contributed by atoms with E-state index in [1.54, 1.807) is 20.0 Å². The van der Waals surface area contributed by atoms with Crippen molar-refractivity contribution in [3.8, 4) is 11.3 Å². The van der Waals surface area contributed by atoms with Crippen molar-refractivity contribution in [1.29, 1.82) is 0 Å². The number of alkyl halides is 1. The lowest BCUT2D eigenvalue weighted by Crippen LogP contribution is -2.35. The summed E-state index contributed by atoms with van der Waals surface area (Å²) in [5, 5.41) is 4.96. The Kier molecular flexibility index (Phi) is 5.32. The van der Waals surface area contributed by atoms with Gasteiger partial charge in [0.25, 0.3) is 0 Å². The first-order valence-electron chi connectivity index (χ1n) is 10.3. The normalized spacial score (nSPS) is 17.6. The van der Waals surface area contributed by atoms with Crippen molar-refractivity contribution in [2.24, 2.45) is 13.0 Å². The molecule has 1 aromatic carbocycles. The quantitative estimate of drug-likeness (QED) is 0.693. The zero-order chi connectivity index (χ0) is 21.5. The van der Waals surface area contributed by atoms with Crippen molar-refractivity contribution >= 4 is 22.5 Å². The molecular weight excluding hydrogens is 381 g/mol. The second-order valence-electron chi connectivity index (χ2n) is 8.81. The topological polar surface area (TPSA) is 63.1 Å². The number of hydrogen-bond donors (Lipinski definition) is 1. The van der Waals surface area contributed by atoms with E-state index < -0.39 is 5.67 Å². The van der Waals surface area contributed by atoms with E-state index in [0.29, 0.717) is 18.9 Å². The molecule has 3 aromatic rings. The Morgan fingerprint density at radius 3 is 2.73 bits per heavy atom. The van der Waals surface area contributed by atoms with E-state index in [-0.39, 0.29) is 11.8 Å². The highest BCUT2D eigenvalue weighted by Crippen LogP contribution is 2.26. The Hall–Kier alpha value is -2.80. The van der Waals surface area contributed by atoms with Crippen LogP contribution in [0.3, 0.4) is 0 Å². The number of pyridine rings is 1. The summed E-state index contributed by atoms with van der Waals surface area (Å²) in [6.45, 7) is 6.78. The highest BCUT2D eigenvalue weighted by Gasteiger charge is 2.31. The maximum absolute atomic E-state index is 13.9. The van der Waals surface area contributed by atoms with Crippen LogP contribution in [-0.4, -0.2) is 50.6 Å². The van der Waals surface area contributed by atoms with E-state index in [1.165, 1.54) is 0 Å². The van der Waals surface area contributed by atoms with Crippen molar-refractivity contribution in [3.05, 3.63) is 42.5 Å². The Morgan fingerprint density at radius 1 is 1.23 bits per heavy atom. The standard InChI is InChI=1S/C23H28FN5O/c1-15-25-12-20(28(15)4)16-5-6-17-11-26-21(10-19(17)9-16)27-22(30)18-7-8-29(13-18)14-23(2,3)24/h5-6,9-12,18H,7-8,13-14H2,1-4H3,(H,26,27,30). The molecule has 0 bridgehead atoms. The number of carbonyl (C=O) groups is 1. The largest absolute Gasteiger partial charge is 0.331 e. The van der Waals surface area contributed by atoms with Crippen LogP contribution in [0.4, 0.5) is 10.2 Å². The Bertz CT molecular complexity index is 1080. The first-order chi connectivity index (χ1) is 14.2. The summed E-state index contributed by atoms with van der Waals surface area (Å²) in [6, 6.07) is 8.07. The van der Waals surface area contributed by atoms with Crippen molar-refractivity contribution < 1.29 is 9.18 Å². The molecule has 7 heteroatoms. The van der Waals surface area contributed by atoms with E-state index in [0.717, 1.165) is 40.8 Å². The van der Waals surface area contributed by atoms with Crippen molar-refractivity contribution in [1.82, 2.24) is 19.4 Å². The number of halogens is 1. The second-order valence-corrected chi connectivity index (χ2v) is 8.81. The predicted octanol–water partition coefficient (Wildman–Crippen LogP) is 3.95. The smallest absolute Gasteiger partial charge is 0.229 e. The summed E-state index contributed by atoms with van der Waals surface area (Å²) in [6.07, 6.45) is 4.38. The summed E-state index contributed by atoms with van der Waals surface area (Å²) in [4.78, 5) is 23.5. The number of benzene rings is 1. The van der Waals surface area contributed by atoms with E-state index in [2.05, 4.69) is 32.0 Å². The predicted molar refractivity (Wildman–Crippen MR) is 117 cm³/mol. The fourth-order valence-electron chi connectivity index (χ4n) is 4.09. The molecule has 1 unspecified atom stereocenters. The molecule has 158 valence electrons. The van der Waals surface area contributed by atoms with Gasteiger partial charge in [0, 0.05) is 37.3 Å². The fraction of sp³-hybridized carbons (Fsp3) is 0.435. The highest BCUT2D eigenvalue weighted by atomic mass is 19.1. The summed E-state index contributed by atoms with van der Waals surface area (Å²) < 4.78 is 15.9. The van der Waals surface area contributed by atoms with Crippen LogP contribution in [0, 0.1) is 12.8 Å². The molecule has 3 heterocycles. The number of imidazole rings is 1. The van der Waals surface area contributed by atoms with Crippen LogP contribution in [0.15, 0.2) is 36.7 Å². The van der Waals surface area contributed by atoms with Gasteiger partial charge < -0.3 is 9.88 Å². The molecule has 1 aliphatic rings. The van der Waals surface area contributed by atoms with Gasteiger partial charge in [-0.1, -0.05) is 12.1 Å². The molecule has 1 amide bonds. The van der Waals surface area contributed by atoms with Crippen LogP contribution in [0.2, 0.25) is 0 Å². The van der Waals surface area contributed by atoms with Crippen LogP contribution >= 0.6 is 0 Å². The monoisotopic (exact) mass is 409 g/mol. The Morgan fingerprint density at radius 2 is 2.03 bits per heavy atom. The van der Waals surface area contributed by atoms with Crippen molar-refractivity contribution in [2.75, 3.05) is 25.0 Å². The molecule has 1 fully saturated rings. The average Bonchev–Trinajstić information content (AvgIpc) is 3.27. The number of fused-ring (bicyclic) bond motifs is 1. The Labute approximate surface area is 176 Å². The maximum atomic E-state index is 13.9. The molecule has 1 atom stereocenters. The third-order valence-corrected chi connectivity index (χ3v) is 5.73. The molecule has 30 heavy (non-hydrogen) atoms. The van der Waals surface area contributed by atoms with Gasteiger partial charge in [0.05, 0.1) is 17.8 Å². The van der Waals surface area contributed by atoms with Crippen molar-refractivity contribution in [2.45, 2.75) is 32.9 Å². The van der Waals surface area contributed by atoms with Crippen molar-refractivity contribution in [3.63, 3.8) is 0 Å². The van der Waals surface area contributed by atoms with E-state index in [4.69, 9.17) is 0 Å². The zero-order valence-electron chi connectivity index (χ0n) is 17.9. The van der Waals surface area contributed by atoms with E-state index >= 15 is 0 Å². The van der Waals surface area contributed by atoms with Crippen LogP contribution in [0.5, 0.6) is 0 Å². The lowest BCUT2D eigenvalue weighted by Gasteiger charge is -2.22. The minimum atomic E-state index is -1.25. The number of aromatic nitrogens is 3. The summed E-state index contributed by atoms with van der Waals surface area (Å²) in [5.74, 6) is 1.29. The number of hydrogen-bond acceptors (Lipinski definition) is 4. The van der Waals surface area contributed by atoms with Crippen LogP contribution in [0.25, 0.3) is 22.0 Å². The highest BCUT2D eigenvalue weighted by molar-refractivity contribution is 5.95. The number of likely N-dealkylation sites (tertiary alicyclic amines) is 1. The number of nitrogens with one attached hydrogen (secondary N) is 1. The maximum Gasteiger partial charge on any atom is 0.229 e.